The number of halogens is 2. The molecule has 4 nitrogen and oxygen atoms in total. The lowest BCUT2D eigenvalue weighted by molar-refractivity contribution is 0.309. The Labute approximate surface area is 160 Å². The van der Waals surface area contributed by atoms with E-state index in [1.54, 1.807) is 6.07 Å². The Morgan fingerprint density at radius 3 is 2.71 bits per heavy atom. The zero-order chi connectivity index (χ0) is 16.3. The van der Waals surface area contributed by atoms with E-state index in [1.165, 1.54) is 45.3 Å². The third-order valence-corrected chi connectivity index (χ3v) is 5.28. The van der Waals surface area contributed by atoms with Gasteiger partial charge in [0.1, 0.15) is 0 Å². The number of guanidine groups is 1. The van der Waals surface area contributed by atoms with E-state index in [2.05, 4.69) is 15.2 Å². The third kappa shape index (κ3) is 4.13. The first-order valence-corrected chi connectivity index (χ1v) is 8.44. The number of hydrogen-bond acceptors (Lipinski definition) is 2. The molecule has 0 unspecified atom stereocenters. The van der Waals surface area contributed by atoms with E-state index in [-0.39, 0.29) is 35.5 Å². The van der Waals surface area contributed by atoms with E-state index in [0.29, 0.717) is 12.0 Å². The maximum absolute atomic E-state index is 13.8. The zero-order valence-electron chi connectivity index (χ0n) is 14.5. The van der Waals surface area contributed by atoms with E-state index in [9.17, 15) is 4.39 Å². The van der Waals surface area contributed by atoms with Crippen molar-refractivity contribution >= 4 is 29.9 Å². The maximum atomic E-state index is 13.8. The van der Waals surface area contributed by atoms with Crippen molar-refractivity contribution in [3.05, 3.63) is 29.6 Å². The number of aliphatic imine (C=N–C) groups is 1. The fourth-order valence-electron chi connectivity index (χ4n) is 3.98. The van der Waals surface area contributed by atoms with Gasteiger partial charge < -0.3 is 15.0 Å². The first-order valence-electron chi connectivity index (χ1n) is 8.44. The molecular formula is C18H27FIN3O. The molecule has 1 saturated heterocycles. The number of nitrogens with one attached hydrogen (secondary N) is 1. The summed E-state index contributed by atoms with van der Waals surface area (Å²) in [6, 6.07) is 5.06. The molecule has 24 heavy (non-hydrogen) atoms. The molecule has 0 radical (unpaired) electrons. The number of nitrogens with zero attached hydrogens (tertiary/aromatic N) is 2. The zero-order valence-corrected chi connectivity index (χ0v) is 16.8. The summed E-state index contributed by atoms with van der Waals surface area (Å²) in [6.07, 6.45) is 6.70. The van der Waals surface area contributed by atoms with Crippen molar-refractivity contribution in [2.75, 3.05) is 27.2 Å². The molecule has 1 aromatic rings. The van der Waals surface area contributed by atoms with Crippen LogP contribution >= 0.6 is 24.0 Å². The molecule has 0 bridgehead atoms. The Morgan fingerprint density at radius 1 is 1.33 bits per heavy atom. The minimum atomic E-state index is -0.326. The summed E-state index contributed by atoms with van der Waals surface area (Å²) in [6.45, 7) is 2.73. The molecule has 1 heterocycles. The van der Waals surface area contributed by atoms with Crippen LogP contribution in [-0.4, -0.2) is 38.1 Å². The van der Waals surface area contributed by atoms with Crippen LogP contribution in [0, 0.1) is 11.2 Å². The number of hydrogen-bond donors (Lipinski definition) is 1. The van der Waals surface area contributed by atoms with Crippen LogP contribution in [-0.2, 0) is 6.54 Å². The second-order valence-corrected chi connectivity index (χ2v) is 6.75. The van der Waals surface area contributed by atoms with Crippen LogP contribution in [0.15, 0.2) is 23.2 Å². The van der Waals surface area contributed by atoms with Gasteiger partial charge in [0.15, 0.2) is 17.5 Å². The Bertz CT molecular complexity index is 588. The van der Waals surface area contributed by atoms with Crippen LogP contribution in [0.2, 0.25) is 0 Å². The van der Waals surface area contributed by atoms with Gasteiger partial charge in [-0.3, -0.25) is 4.99 Å². The summed E-state index contributed by atoms with van der Waals surface area (Å²) >= 11 is 0. The van der Waals surface area contributed by atoms with Gasteiger partial charge in [0.05, 0.1) is 7.11 Å². The van der Waals surface area contributed by atoms with Crippen LogP contribution in [0.1, 0.15) is 37.7 Å². The Kier molecular flexibility index (Phi) is 6.71. The van der Waals surface area contributed by atoms with Crippen LogP contribution in [0.25, 0.3) is 0 Å². The molecule has 0 aromatic heterocycles. The Balaban J connectivity index is 0.00000208. The van der Waals surface area contributed by atoms with Crippen molar-refractivity contribution in [1.29, 1.82) is 0 Å². The van der Waals surface area contributed by atoms with Crippen molar-refractivity contribution in [1.82, 2.24) is 10.2 Å². The van der Waals surface area contributed by atoms with Gasteiger partial charge >= 0.3 is 0 Å². The third-order valence-electron chi connectivity index (χ3n) is 5.28. The first kappa shape index (κ1) is 19.3. The Hall–Kier alpha value is -1.05. The monoisotopic (exact) mass is 447 g/mol. The molecule has 1 aliphatic heterocycles. The fourth-order valence-corrected chi connectivity index (χ4v) is 3.98. The molecule has 1 N–H and O–H groups in total. The van der Waals surface area contributed by atoms with Crippen molar-refractivity contribution < 1.29 is 9.13 Å². The van der Waals surface area contributed by atoms with Crippen molar-refractivity contribution in [2.24, 2.45) is 10.4 Å². The number of rotatable bonds is 3. The molecule has 1 aliphatic carbocycles. The predicted molar refractivity (Wildman–Crippen MR) is 106 cm³/mol. The van der Waals surface area contributed by atoms with Crippen molar-refractivity contribution in [3.63, 3.8) is 0 Å². The standard InChI is InChI=1S/C18H26FN3O.HI/c1-20-17(22-10-9-18(13-22)7-3-4-8-18)21-12-14-5-6-16(23-2)15(19)11-14;/h5-6,11H,3-4,7-10,12-13H2,1-2H3,(H,20,21);1H. The highest BCUT2D eigenvalue weighted by Gasteiger charge is 2.41. The minimum Gasteiger partial charge on any atom is -0.494 e. The molecule has 0 atom stereocenters. The van der Waals surface area contributed by atoms with Gasteiger partial charge in [0.25, 0.3) is 0 Å². The summed E-state index contributed by atoms with van der Waals surface area (Å²) in [5.74, 6) is 0.874. The van der Waals surface area contributed by atoms with Crippen LogP contribution in [0.4, 0.5) is 4.39 Å². The molecule has 1 saturated carbocycles. The van der Waals surface area contributed by atoms with E-state index < -0.39 is 0 Å². The molecule has 1 aromatic carbocycles. The number of ether oxygens (including phenoxy) is 1. The lowest BCUT2D eigenvalue weighted by Crippen LogP contribution is -2.40. The molecule has 2 fully saturated rings. The van der Waals surface area contributed by atoms with Gasteiger partial charge in [-0.15, -0.1) is 24.0 Å². The van der Waals surface area contributed by atoms with E-state index in [4.69, 9.17) is 4.74 Å². The molecule has 2 aliphatic rings. The summed E-state index contributed by atoms with van der Waals surface area (Å²) in [4.78, 5) is 6.76. The lowest BCUT2D eigenvalue weighted by Gasteiger charge is -2.26. The first-order chi connectivity index (χ1) is 11.2. The van der Waals surface area contributed by atoms with Gasteiger partial charge in [0.2, 0.25) is 0 Å². The summed E-state index contributed by atoms with van der Waals surface area (Å²) in [5, 5.41) is 3.37. The van der Waals surface area contributed by atoms with Crippen molar-refractivity contribution in [3.8, 4) is 5.75 Å². The molecule has 1 spiro atoms. The van der Waals surface area contributed by atoms with Crippen molar-refractivity contribution in [2.45, 2.75) is 38.6 Å². The van der Waals surface area contributed by atoms with Gasteiger partial charge in [-0.25, -0.2) is 4.39 Å². The number of likely N-dealkylation sites (tertiary alicyclic amines) is 1. The van der Waals surface area contributed by atoms with Gasteiger partial charge in [-0.2, -0.15) is 0 Å². The number of methoxy groups -OCH3 is 1. The largest absolute Gasteiger partial charge is 0.494 e. The van der Waals surface area contributed by atoms with Crippen LogP contribution in [0.5, 0.6) is 5.75 Å². The second-order valence-electron chi connectivity index (χ2n) is 6.75. The highest BCUT2D eigenvalue weighted by Crippen LogP contribution is 2.45. The van der Waals surface area contributed by atoms with Gasteiger partial charge in [0, 0.05) is 26.7 Å². The Morgan fingerprint density at radius 2 is 2.08 bits per heavy atom. The highest BCUT2D eigenvalue weighted by atomic mass is 127. The topological polar surface area (TPSA) is 36.9 Å². The smallest absolute Gasteiger partial charge is 0.193 e. The SMILES string of the molecule is CN=C(NCc1ccc(OC)c(F)c1)N1CCC2(CCCC2)C1.I. The maximum Gasteiger partial charge on any atom is 0.193 e. The van der Waals surface area contributed by atoms with E-state index in [1.807, 2.05) is 13.1 Å². The van der Waals surface area contributed by atoms with E-state index >= 15 is 0 Å². The molecule has 3 rings (SSSR count). The fraction of sp³-hybridized carbons (Fsp3) is 0.611. The van der Waals surface area contributed by atoms with Gasteiger partial charge in [-0.05, 0) is 42.4 Å². The quantitative estimate of drug-likeness (QED) is 0.435. The molecular weight excluding hydrogens is 420 g/mol. The molecule has 134 valence electrons. The normalized spacial score (nSPS) is 19.5. The van der Waals surface area contributed by atoms with Crippen LogP contribution in [0.3, 0.4) is 0 Å². The van der Waals surface area contributed by atoms with Crippen LogP contribution < -0.4 is 10.1 Å². The van der Waals surface area contributed by atoms with Gasteiger partial charge in [-0.1, -0.05) is 18.9 Å². The molecule has 0 amide bonds. The predicted octanol–water partition coefficient (Wildman–Crippen LogP) is 3.79. The average Bonchev–Trinajstić information content (AvgIpc) is 3.19. The summed E-state index contributed by atoms with van der Waals surface area (Å²) in [5.41, 5.74) is 1.41. The average molecular weight is 447 g/mol. The minimum absolute atomic E-state index is 0. The number of benzene rings is 1. The lowest BCUT2D eigenvalue weighted by atomic mass is 9.86. The molecule has 6 heteroatoms. The highest BCUT2D eigenvalue weighted by molar-refractivity contribution is 14.0. The summed E-state index contributed by atoms with van der Waals surface area (Å²) < 4.78 is 18.7. The second kappa shape index (κ2) is 8.36. The summed E-state index contributed by atoms with van der Waals surface area (Å²) in [7, 11) is 3.29. The van der Waals surface area contributed by atoms with E-state index in [0.717, 1.165) is 24.6 Å².